The number of nitrogens with zero attached hydrogens (tertiary/aromatic N) is 3. The van der Waals surface area contributed by atoms with Crippen molar-refractivity contribution in [1.82, 2.24) is 25.5 Å². The van der Waals surface area contributed by atoms with Crippen molar-refractivity contribution in [2.75, 3.05) is 5.32 Å². The molecule has 0 aromatic carbocycles. The Morgan fingerprint density at radius 3 is 2.81 bits per heavy atom. The Balaban J connectivity index is 1.51. The maximum absolute atomic E-state index is 12.7. The highest BCUT2D eigenvalue weighted by Crippen LogP contribution is 2.34. The molecule has 2 aromatic heterocycles. The van der Waals surface area contributed by atoms with E-state index in [1.807, 2.05) is 13.8 Å². The van der Waals surface area contributed by atoms with Gasteiger partial charge in [-0.1, -0.05) is 6.92 Å². The quantitative estimate of drug-likeness (QED) is 0.588. The van der Waals surface area contributed by atoms with Gasteiger partial charge in [0.2, 0.25) is 5.91 Å². The number of hydrogen-bond acceptors (Lipinski definition) is 6. The van der Waals surface area contributed by atoms with E-state index in [1.54, 1.807) is 6.07 Å². The molecule has 3 N–H and O–H groups in total. The van der Waals surface area contributed by atoms with Crippen molar-refractivity contribution in [2.45, 2.75) is 70.2 Å². The predicted molar refractivity (Wildman–Crippen MR) is 108 cm³/mol. The minimum atomic E-state index is -4.63. The highest BCUT2D eigenvalue weighted by molar-refractivity contribution is 5.91. The van der Waals surface area contributed by atoms with Crippen LogP contribution in [0.3, 0.4) is 0 Å². The molecule has 0 saturated heterocycles. The summed E-state index contributed by atoms with van der Waals surface area (Å²) in [6.07, 6.45) is -0.804. The highest BCUT2D eigenvalue weighted by atomic mass is 19.4. The summed E-state index contributed by atoms with van der Waals surface area (Å²) in [5.41, 5.74) is -0.442. The van der Waals surface area contributed by atoms with Crippen molar-refractivity contribution in [3.8, 4) is 0 Å². The van der Waals surface area contributed by atoms with Crippen LogP contribution in [0.2, 0.25) is 0 Å². The van der Waals surface area contributed by atoms with E-state index in [-0.39, 0.29) is 36.0 Å². The molecule has 2 amide bonds. The standard InChI is InChI=1S/C20H25F3N6O3/c1-3-11(2)32-19(31)26-13-5-4-12(6-13)15-8-17(29-28-15)27-18(30)7-14-9-24-10-16(25-14)20(21,22)23/h8-13H,3-7H2,1-2H3,(H,26,31)(H2,27,28,29,30). The Bertz CT molecular complexity index is 949. The summed E-state index contributed by atoms with van der Waals surface area (Å²) in [5, 5.41) is 12.3. The predicted octanol–water partition coefficient (Wildman–Crippen LogP) is 3.56. The number of ether oxygens (including phenoxy) is 1. The fraction of sp³-hybridized carbons (Fsp3) is 0.550. The first-order valence-electron chi connectivity index (χ1n) is 10.3. The molecule has 9 nitrogen and oxygen atoms in total. The van der Waals surface area contributed by atoms with E-state index in [9.17, 15) is 22.8 Å². The van der Waals surface area contributed by atoms with Gasteiger partial charge >= 0.3 is 12.3 Å². The number of H-pyrrole nitrogens is 1. The Morgan fingerprint density at radius 1 is 1.31 bits per heavy atom. The fourth-order valence-electron chi connectivity index (χ4n) is 3.45. The molecule has 12 heteroatoms. The number of hydrogen-bond donors (Lipinski definition) is 3. The largest absolute Gasteiger partial charge is 0.447 e. The third kappa shape index (κ3) is 6.41. The van der Waals surface area contributed by atoms with Gasteiger partial charge in [0.1, 0.15) is 6.10 Å². The molecule has 0 bridgehead atoms. The van der Waals surface area contributed by atoms with E-state index >= 15 is 0 Å². The van der Waals surface area contributed by atoms with Crippen LogP contribution in [0.1, 0.15) is 62.5 Å². The molecule has 1 aliphatic rings. The van der Waals surface area contributed by atoms with Gasteiger partial charge in [0.25, 0.3) is 0 Å². The molecule has 2 aromatic rings. The van der Waals surface area contributed by atoms with Gasteiger partial charge in [-0.25, -0.2) is 9.78 Å². The van der Waals surface area contributed by atoms with Crippen molar-refractivity contribution in [3.05, 3.63) is 35.5 Å². The van der Waals surface area contributed by atoms with Crippen molar-refractivity contribution < 1.29 is 27.5 Å². The van der Waals surface area contributed by atoms with Crippen LogP contribution >= 0.6 is 0 Å². The summed E-state index contributed by atoms with van der Waals surface area (Å²) >= 11 is 0. The topological polar surface area (TPSA) is 122 Å². The van der Waals surface area contributed by atoms with E-state index in [0.717, 1.165) is 31.2 Å². The third-order valence-corrected chi connectivity index (χ3v) is 5.26. The van der Waals surface area contributed by atoms with Crippen LogP contribution in [0.25, 0.3) is 0 Å². The summed E-state index contributed by atoms with van der Waals surface area (Å²) in [7, 11) is 0. The molecular weight excluding hydrogens is 429 g/mol. The first-order chi connectivity index (χ1) is 15.1. The molecule has 1 fully saturated rings. The number of amides is 2. The average molecular weight is 454 g/mol. The number of carbonyl (C=O) groups is 2. The molecule has 2 heterocycles. The van der Waals surface area contributed by atoms with E-state index in [2.05, 4.69) is 30.8 Å². The van der Waals surface area contributed by atoms with Gasteiger partial charge in [-0.15, -0.1) is 0 Å². The lowest BCUT2D eigenvalue weighted by Crippen LogP contribution is -2.35. The first kappa shape index (κ1) is 23.5. The summed E-state index contributed by atoms with van der Waals surface area (Å²) in [6, 6.07) is 1.66. The van der Waals surface area contributed by atoms with Gasteiger partial charge in [-0.3, -0.25) is 14.9 Å². The number of alkyl halides is 3. The zero-order chi connectivity index (χ0) is 23.3. The zero-order valence-corrected chi connectivity index (χ0v) is 17.7. The van der Waals surface area contributed by atoms with Gasteiger partial charge in [0.15, 0.2) is 11.5 Å². The highest BCUT2D eigenvalue weighted by Gasteiger charge is 2.33. The zero-order valence-electron chi connectivity index (χ0n) is 17.7. The number of anilines is 1. The van der Waals surface area contributed by atoms with Crippen LogP contribution in [-0.2, 0) is 22.1 Å². The molecule has 3 unspecified atom stereocenters. The molecule has 3 atom stereocenters. The summed E-state index contributed by atoms with van der Waals surface area (Å²) in [6.45, 7) is 3.77. The molecule has 0 spiro atoms. The smallest absolute Gasteiger partial charge is 0.434 e. The minimum absolute atomic E-state index is 0.0163. The Kier molecular flexibility index (Phi) is 7.31. The monoisotopic (exact) mass is 454 g/mol. The molecule has 0 aliphatic heterocycles. The lowest BCUT2D eigenvalue weighted by atomic mass is 10.0. The first-order valence-corrected chi connectivity index (χ1v) is 10.3. The number of halogens is 3. The SMILES string of the molecule is CCC(C)OC(=O)NC1CCC(c2cc(NC(=O)Cc3cncc(C(F)(F)F)n3)n[nH]2)C1. The molecular formula is C20H25F3N6O3. The molecule has 0 radical (unpaired) electrons. The van der Waals surface area contributed by atoms with Crippen LogP contribution in [-0.4, -0.2) is 44.3 Å². The summed E-state index contributed by atoms with van der Waals surface area (Å²) < 4.78 is 43.4. The summed E-state index contributed by atoms with van der Waals surface area (Å²) in [4.78, 5) is 31.0. The number of aromatic amines is 1. The Hall–Kier alpha value is -3.18. The molecule has 32 heavy (non-hydrogen) atoms. The average Bonchev–Trinajstić information content (AvgIpc) is 3.36. The van der Waals surface area contributed by atoms with Crippen LogP contribution in [0.5, 0.6) is 0 Å². The lowest BCUT2D eigenvalue weighted by molar-refractivity contribution is -0.141. The van der Waals surface area contributed by atoms with E-state index in [0.29, 0.717) is 12.6 Å². The van der Waals surface area contributed by atoms with E-state index in [4.69, 9.17) is 4.74 Å². The molecule has 1 aliphatic carbocycles. The molecule has 174 valence electrons. The number of nitrogens with one attached hydrogen (secondary N) is 3. The molecule has 1 saturated carbocycles. The normalized spacial score (nSPS) is 19.4. The second kappa shape index (κ2) is 9.96. The molecule has 3 rings (SSSR count). The van der Waals surface area contributed by atoms with Gasteiger partial charge in [-0.2, -0.15) is 18.3 Å². The van der Waals surface area contributed by atoms with Crippen molar-refractivity contribution >= 4 is 17.8 Å². The van der Waals surface area contributed by atoms with Crippen molar-refractivity contribution in [3.63, 3.8) is 0 Å². The summed E-state index contributed by atoms with van der Waals surface area (Å²) in [5.74, 6) is -0.177. The van der Waals surface area contributed by atoms with Gasteiger partial charge in [-0.05, 0) is 32.6 Å². The number of alkyl carbamates (subject to hydrolysis) is 1. The third-order valence-electron chi connectivity index (χ3n) is 5.26. The minimum Gasteiger partial charge on any atom is -0.447 e. The van der Waals surface area contributed by atoms with Crippen LogP contribution in [0.15, 0.2) is 18.5 Å². The Morgan fingerprint density at radius 2 is 2.09 bits per heavy atom. The second-order valence-corrected chi connectivity index (χ2v) is 7.80. The van der Waals surface area contributed by atoms with Gasteiger partial charge in [0, 0.05) is 29.9 Å². The second-order valence-electron chi connectivity index (χ2n) is 7.80. The number of rotatable bonds is 7. The van der Waals surface area contributed by atoms with Crippen LogP contribution in [0, 0.1) is 0 Å². The van der Waals surface area contributed by atoms with E-state index in [1.165, 1.54) is 0 Å². The van der Waals surface area contributed by atoms with Gasteiger partial charge in [0.05, 0.1) is 18.3 Å². The Labute approximate surface area is 182 Å². The van der Waals surface area contributed by atoms with Gasteiger partial charge < -0.3 is 15.4 Å². The lowest BCUT2D eigenvalue weighted by Gasteiger charge is -2.16. The number of carbonyl (C=O) groups excluding carboxylic acids is 2. The number of aromatic nitrogens is 4. The van der Waals surface area contributed by atoms with Crippen LogP contribution < -0.4 is 10.6 Å². The van der Waals surface area contributed by atoms with Crippen molar-refractivity contribution in [1.29, 1.82) is 0 Å². The van der Waals surface area contributed by atoms with Crippen LogP contribution in [0.4, 0.5) is 23.8 Å². The van der Waals surface area contributed by atoms with E-state index < -0.39 is 23.9 Å². The fourth-order valence-corrected chi connectivity index (χ4v) is 3.45. The van der Waals surface area contributed by atoms with Crippen molar-refractivity contribution in [2.24, 2.45) is 0 Å². The maximum atomic E-state index is 12.7. The maximum Gasteiger partial charge on any atom is 0.434 e.